The lowest BCUT2D eigenvalue weighted by molar-refractivity contribution is -0.136. The third-order valence-corrected chi connectivity index (χ3v) is 4.13. The molecule has 0 unspecified atom stereocenters. The van der Waals surface area contributed by atoms with Gasteiger partial charge in [-0.25, -0.2) is 4.98 Å². The third kappa shape index (κ3) is 3.43. The van der Waals surface area contributed by atoms with Gasteiger partial charge in [-0.15, -0.1) is 11.3 Å². The summed E-state index contributed by atoms with van der Waals surface area (Å²) in [6.45, 7) is 2.45. The number of aliphatic carboxylic acids is 1. The van der Waals surface area contributed by atoms with E-state index in [0.717, 1.165) is 27.6 Å². The summed E-state index contributed by atoms with van der Waals surface area (Å²) in [5, 5.41) is 9.79. The Hall–Kier alpha value is -1.72. The van der Waals surface area contributed by atoms with Crippen molar-refractivity contribution in [3.63, 3.8) is 0 Å². The number of carboxylic acids is 1. The monoisotopic (exact) mass is 291 g/mol. The largest absolute Gasteiger partial charge is 0.481 e. The molecule has 0 saturated carbocycles. The van der Waals surface area contributed by atoms with Crippen molar-refractivity contribution in [3.8, 4) is 10.6 Å². The molecule has 0 aliphatic rings. The molecule has 0 bridgehead atoms. The number of aryl methyl sites for hydroxylation is 1. The molecule has 4 nitrogen and oxygen atoms in total. The van der Waals surface area contributed by atoms with E-state index >= 15 is 0 Å². The van der Waals surface area contributed by atoms with Crippen LogP contribution in [0.4, 0.5) is 0 Å². The number of benzene rings is 1. The molecule has 2 aromatic rings. The first-order chi connectivity index (χ1) is 9.63. The molecular formula is C15H17NO3S. The van der Waals surface area contributed by atoms with Crippen LogP contribution in [-0.2, 0) is 29.0 Å². The molecule has 0 spiro atoms. The Labute approximate surface area is 122 Å². The van der Waals surface area contributed by atoms with Gasteiger partial charge in [0.15, 0.2) is 0 Å². The van der Waals surface area contributed by atoms with Crippen LogP contribution < -0.4 is 0 Å². The molecule has 0 aliphatic heterocycles. The van der Waals surface area contributed by atoms with Crippen LogP contribution in [-0.4, -0.2) is 23.2 Å². The van der Waals surface area contributed by atoms with Gasteiger partial charge in [-0.1, -0.05) is 31.2 Å². The minimum absolute atomic E-state index is 0.0105. The van der Waals surface area contributed by atoms with E-state index < -0.39 is 5.97 Å². The number of methoxy groups -OCH3 is 1. The summed E-state index contributed by atoms with van der Waals surface area (Å²) in [7, 11) is 1.58. The summed E-state index contributed by atoms with van der Waals surface area (Å²) >= 11 is 1.42. The Morgan fingerprint density at radius 3 is 2.60 bits per heavy atom. The zero-order chi connectivity index (χ0) is 14.5. The molecule has 106 valence electrons. The van der Waals surface area contributed by atoms with Crippen molar-refractivity contribution in [1.82, 2.24) is 4.98 Å². The predicted molar refractivity (Wildman–Crippen MR) is 79.0 cm³/mol. The van der Waals surface area contributed by atoms with Gasteiger partial charge in [-0.3, -0.25) is 4.79 Å². The first-order valence-corrected chi connectivity index (χ1v) is 7.24. The van der Waals surface area contributed by atoms with Crippen molar-refractivity contribution >= 4 is 17.3 Å². The average Bonchev–Trinajstić information content (AvgIpc) is 2.82. The maximum absolute atomic E-state index is 10.9. The van der Waals surface area contributed by atoms with Gasteiger partial charge in [0.1, 0.15) is 5.01 Å². The molecule has 0 aliphatic carbocycles. The molecule has 0 fully saturated rings. The van der Waals surface area contributed by atoms with Crippen LogP contribution in [0.2, 0.25) is 0 Å². The summed E-state index contributed by atoms with van der Waals surface area (Å²) in [6, 6.07) is 8.20. The van der Waals surface area contributed by atoms with E-state index in [1.165, 1.54) is 16.9 Å². The van der Waals surface area contributed by atoms with Crippen LogP contribution in [0, 0.1) is 0 Å². The summed E-state index contributed by atoms with van der Waals surface area (Å²) in [6.07, 6.45) is 0.987. The van der Waals surface area contributed by atoms with E-state index in [9.17, 15) is 4.79 Å². The number of ether oxygens (including phenoxy) is 1. The Balaban J connectivity index is 2.33. The number of aromatic nitrogens is 1. The maximum atomic E-state index is 10.9. The van der Waals surface area contributed by atoms with Crippen LogP contribution in [0.15, 0.2) is 24.3 Å². The van der Waals surface area contributed by atoms with Crippen molar-refractivity contribution in [2.24, 2.45) is 0 Å². The van der Waals surface area contributed by atoms with E-state index in [2.05, 4.69) is 24.0 Å². The molecule has 0 saturated heterocycles. The molecule has 1 aromatic heterocycles. The maximum Gasteiger partial charge on any atom is 0.308 e. The molecule has 5 heteroatoms. The van der Waals surface area contributed by atoms with E-state index in [1.807, 2.05) is 12.1 Å². The Kier molecular flexibility index (Phi) is 4.87. The molecule has 20 heavy (non-hydrogen) atoms. The average molecular weight is 291 g/mol. The topological polar surface area (TPSA) is 59.4 Å². The predicted octanol–water partition coefficient (Wildman–Crippen LogP) is 3.15. The fourth-order valence-corrected chi connectivity index (χ4v) is 2.98. The number of thiazole rings is 1. The van der Waals surface area contributed by atoms with Gasteiger partial charge in [0.05, 0.1) is 18.7 Å². The summed E-state index contributed by atoms with van der Waals surface area (Å²) in [5.41, 5.74) is 3.00. The van der Waals surface area contributed by atoms with E-state index in [-0.39, 0.29) is 6.42 Å². The van der Waals surface area contributed by atoms with Gasteiger partial charge < -0.3 is 9.84 Å². The quantitative estimate of drug-likeness (QED) is 0.888. The van der Waals surface area contributed by atoms with Crippen LogP contribution in [0.25, 0.3) is 10.6 Å². The van der Waals surface area contributed by atoms with Crippen LogP contribution >= 0.6 is 11.3 Å². The zero-order valence-corrected chi connectivity index (χ0v) is 12.4. The Morgan fingerprint density at radius 1 is 1.35 bits per heavy atom. The second-order valence-electron chi connectivity index (χ2n) is 4.44. The lowest BCUT2D eigenvalue weighted by Crippen LogP contribution is -2.01. The van der Waals surface area contributed by atoms with Crippen LogP contribution in [0.1, 0.15) is 23.1 Å². The highest BCUT2D eigenvalue weighted by Gasteiger charge is 2.15. The SMILES string of the molecule is CCc1ccc(-c2nc(COC)c(CC(=O)O)s2)cc1. The van der Waals surface area contributed by atoms with Crippen molar-refractivity contribution in [3.05, 3.63) is 40.4 Å². The highest BCUT2D eigenvalue weighted by atomic mass is 32.1. The number of hydrogen-bond acceptors (Lipinski definition) is 4. The van der Waals surface area contributed by atoms with E-state index in [1.54, 1.807) is 7.11 Å². The van der Waals surface area contributed by atoms with Gasteiger partial charge in [0.25, 0.3) is 0 Å². The first-order valence-electron chi connectivity index (χ1n) is 6.42. The van der Waals surface area contributed by atoms with Gasteiger partial charge in [-0.2, -0.15) is 0 Å². The number of carbonyl (C=O) groups is 1. The molecule has 1 heterocycles. The molecule has 0 atom stereocenters. The van der Waals surface area contributed by atoms with Gasteiger partial charge in [-0.05, 0) is 12.0 Å². The highest BCUT2D eigenvalue weighted by Crippen LogP contribution is 2.29. The van der Waals surface area contributed by atoms with Crippen LogP contribution in [0.3, 0.4) is 0 Å². The van der Waals surface area contributed by atoms with Crippen LogP contribution in [0.5, 0.6) is 0 Å². The summed E-state index contributed by atoms with van der Waals surface area (Å²) in [5.74, 6) is -0.848. The minimum Gasteiger partial charge on any atom is -0.481 e. The fraction of sp³-hybridized carbons (Fsp3) is 0.333. The normalized spacial score (nSPS) is 10.7. The molecule has 0 amide bonds. The number of hydrogen-bond donors (Lipinski definition) is 1. The standard InChI is InChI=1S/C15H17NO3S/c1-3-10-4-6-11(7-5-10)15-16-12(9-19-2)13(20-15)8-14(17)18/h4-7H,3,8-9H2,1-2H3,(H,17,18). The molecule has 2 rings (SSSR count). The lowest BCUT2D eigenvalue weighted by atomic mass is 10.1. The third-order valence-electron chi connectivity index (χ3n) is 2.98. The first kappa shape index (κ1) is 14.7. The van der Waals surface area contributed by atoms with Gasteiger partial charge >= 0.3 is 5.97 Å². The van der Waals surface area contributed by atoms with E-state index in [0.29, 0.717) is 6.61 Å². The smallest absolute Gasteiger partial charge is 0.308 e. The molecular weight excluding hydrogens is 274 g/mol. The Bertz CT molecular complexity index is 590. The second kappa shape index (κ2) is 6.63. The number of nitrogens with zero attached hydrogens (tertiary/aromatic N) is 1. The fourth-order valence-electron chi connectivity index (χ4n) is 1.91. The molecule has 1 aromatic carbocycles. The zero-order valence-electron chi connectivity index (χ0n) is 11.5. The van der Waals surface area contributed by atoms with Crippen molar-refractivity contribution in [1.29, 1.82) is 0 Å². The van der Waals surface area contributed by atoms with Crippen molar-refractivity contribution in [2.45, 2.75) is 26.4 Å². The second-order valence-corrected chi connectivity index (χ2v) is 5.53. The van der Waals surface area contributed by atoms with Gasteiger partial charge in [0.2, 0.25) is 0 Å². The van der Waals surface area contributed by atoms with Crippen molar-refractivity contribution < 1.29 is 14.6 Å². The van der Waals surface area contributed by atoms with Crippen molar-refractivity contribution in [2.75, 3.05) is 7.11 Å². The molecule has 1 N–H and O–H groups in total. The van der Waals surface area contributed by atoms with Gasteiger partial charge in [0, 0.05) is 17.6 Å². The Morgan fingerprint density at radius 2 is 2.05 bits per heavy atom. The molecule has 0 radical (unpaired) electrons. The highest BCUT2D eigenvalue weighted by molar-refractivity contribution is 7.15. The summed E-state index contributed by atoms with van der Waals surface area (Å²) in [4.78, 5) is 16.2. The summed E-state index contributed by atoms with van der Waals surface area (Å²) < 4.78 is 5.09. The lowest BCUT2D eigenvalue weighted by Gasteiger charge is -1.98. The van der Waals surface area contributed by atoms with E-state index in [4.69, 9.17) is 9.84 Å². The number of carboxylic acid groups (broad SMARTS) is 1. The number of rotatable bonds is 6. The minimum atomic E-state index is -0.848.